The molecule has 0 spiro atoms. The van der Waals surface area contributed by atoms with Gasteiger partial charge in [0.25, 0.3) is 0 Å². The Kier molecular flexibility index (Phi) is 4.18. The van der Waals surface area contributed by atoms with E-state index in [0.29, 0.717) is 5.92 Å². The SMILES string of the molecule is CC.CCCCC1=COC2C(C=O)C12. The lowest BCUT2D eigenvalue weighted by Gasteiger charge is -1.99. The van der Waals surface area contributed by atoms with Gasteiger partial charge in [-0.05, 0) is 18.4 Å². The molecule has 1 aliphatic heterocycles. The summed E-state index contributed by atoms with van der Waals surface area (Å²) in [6.07, 6.45) is 6.65. The first-order valence-electron chi connectivity index (χ1n) is 5.68. The Labute approximate surface area is 86.3 Å². The molecule has 1 fully saturated rings. The summed E-state index contributed by atoms with van der Waals surface area (Å²) >= 11 is 0. The summed E-state index contributed by atoms with van der Waals surface area (Å²) in [6, 6.07) is 0. The summed E-state index contributed by atoms with van der Waals surface area (Å²) < 4.78 is 5.35. The van der Waals surface area contributed by atoms with E-state index in [1.54, 1.807) is 0 Å². The molecule has 0 saturated heterocycles. The molecule has 0 radical (unpaired) electrons. The van der Waals surface area contributed by atoms with Crippen LogP contribution in [0.5, 0.6) is 0 Å². The molecule has 0 N–H and O–H groups in total. The lowest BCUT2D eigenvalue weighted by molar-refractivity contribution is -0.109. The van der Waals surface area contributed by atoms with E-state index >= 15 is 0 Å². The minimum atomic E-state index is 0.182. The summed E-state index contributed by atoms with van der Waals surface area (Å²) in [5.41, 5.74) is 1.36. The highest BCUT2D eigenvalue weighted by Crippen LogP contribution is 2.51. The van der Waals surface area contributed by atoms with Crippen molar-refractivity contribution in [1.82, 2.24) is 0 Å². The number of carbonyl (C=O) groups excluding carboxylic acids is 1. The van der Waals surface area contributed by atoms with E-state index in [1.807, 2.05) is 20.1 Å². The van der Waals surface area contributed by atoms with Crippen molar-refractivity contribution in [2.45, 2.75) is 46.1 Å². The molecule has 80 valence electrons. The van der Waals surface area contributed by atoms with Crippen molar-refractivity contribution in [2.75, 3.05) is 0 Å². The molecule has 0 aromatic heterocycles. The van der Waals surface area contributed by atoms with Gasteiger partial charge < -0.3 is 9.53 Å². The molecule has 2 aliphatic rings. The van der Waals surface area contributed by atoms with E-state index in [4.69, 9.17) is 4.74 Å². The van der Waals surface area contributed by atoms with Gasteiger partial charge in [0.2, 0.25) is 0 Å². The lowest BCUT2D eigenvalue weighted by Crippen LogP contribution is -1.92. The molecule has 3 atom stereocenters. The predicted molar refractivity (Wildman–Crippen MR) is 56.9 cm³/mol. The fourth-order valence-corrected chi connectivity index (χ4v) is 1.95. The van der Waals surface area contributed by atoms with Gasteiger partial charge in [0.05, 0.1) is 12.2 Å². The smallest absolute Gasteiger partial charge is 0.127 e. The Bertz CT molecular complexity index is 220. The van der Waals surface area contributed by atoms with E-state index in [0.717, 1.165) is 12.7 Å². The second kappa shape index (κ2) is 5.18. The first-order valence-corrected chi connectivity index (χ1v) is 5.68. The van der Waals surface area contributed by atoms with E-state index in [-0.39, 0.29) is 12.0 Å². The van der Waals surface area contributed by atoms with Gasteiger partial charge in [0.1, 0.15) is 12.4 Å². The molecule has 0 bridgehead atoms. The zero-order valence-corrected chi connectivity index (χ0v) is 9.32. The van der Waals surface area contributed by atoms with Gasteiger partial charge in [-0.2, -0.15) is 0 Å². The minimum Gasteiger partial charge on any atom is -0.497 e. The van der Waals surface area contributed by atoms with E-state index in [2.05, 4.69) is 6.92 Å². The van der Waals surface area contributed by atoms with Gasteiger partial charge in [-0.3, -0.25) is 0 Å². The highest BCUT2D eigenvalue weighted by molar-refractivity contribution is 5.63. The lowest BCUT2D eigenvalue weighted by atomic mass is 10.1. The third-order valence-corrected chi connectivity index (χ3v) is 2.79. The molecule has 1 aliphatic carbocycles. The highest BCUT2D eigenvalue weighted by Gasteiger charge is 2.56. The first kappa shape index (κ1) is 11.3. The van der Waals surface area contributed by atoms with Crippen LogP contribution in [0.1, 0.15) is 40.0 Å². The Morgan fingerprint density at radius 3 is 2.71 bits per heavy atom. The molecule has 2 rings (SSSR count). The second-order valence-corrected chi connectivity index (χ2v) is 3.64. The molecule has 0 amide bonds. The Morgan fingerprint density at radius 2 is 2.21 bits per heavy atom. The average molecular weight is 196 g/mol. The van der Waals surface area contributed by atoms with Crippen LogP contribution in [0.2, 0.25) is 0 Å². The molecule has 14 heavy (non-hydrogen) atoms. The summed E-state index contributed by atoms with van der Waals surface area (Å²) in [7, 11) is 0. The molecule has 3 unspecified atom stereocenters. The summed E-state index contributed by atoms with van der Waals surface area (Å²) in [6.45, 7) is 6.18. The highest BCUT2D eigenvalue weighted by atomic mass is 16.5. The largest absolute Gasteiger partial charge is 0.497 e. The number of fused-ring (bicyclic) bond motifs is 1. The zero-order chi connectivity index (χ0) is 10.6. The van der Waals surface area contributed by atoms with Crippen molar-refractivity contribution in [3.05, 3.63) is 11.8 Å². The van der Waals surface area contributed by atoms with Crippen LogP contribution in [0.25, 0.3) is 0 Å². The predicted octanol–water partition coefficient (Wildman–Crippen LogP) is 2.93. The standard InChI is InChI=1S/C10H14O2.C2H6/c1-2-3-4-7-6-12-10-8(5-11)9(7)10;1-2/h5-6,8-10H,2-4H2,1H3;1-2H3. The molecule has 1 saturated carbocycles. The van der Waals surface area contributed by atoms with Crippen LogP contribution in [-0.2, 0) is 9.53 Å². The first-order chi connectivity index (χ1) is 6.88. The van der Waals surface area contributed by atoms with Gasteiger partial charge in [0, 0.05) is 5.92 Å². The maximum atomic E-state index is 10.5. The number of rotatable bonds is 4. The van der Waals surface area contributed by atoms with Gasteiger partial charge in [-0.1, -0.05) is 27.2 Å². The molecule has 0 aromatic carbocycles. The Balaban J connectivity index is 0.000000461. The second-order valence-electron chi connectivity index (χ2n) is 3.64. The number of unbranched alkanes of at least 4 members (excludes halogenated alkanes) is 1. The molecule has 1 heterocycles. The van der Waals surface area contributed by atoms with Crippen LogP contribution in [0.3, 0.4) is 0 Å². The van der Waals surface area contributed by atoms with Crippen molar-refractivity contribution in [1.29, 1.82) is 0 Å². The number of hydrogen-bond acceptors (Lipinski definition) is 2. The zero-order valence-electron chi connectivity index (χ0n) is 9.32. The molecular weight excluding hydrogens is 176 g/mol. The number of hydrogen-bond donors (Lipinski definition) is 0. The quantitative estimate of drug-likeness (QED) is 0.646. The van der Waals surface area contributed by atoms with Crippen molar-refractivity contribution in [2.24, 2.45) is 11.8 Å². The summed E-state index contributed by atoms with van der Waals surface area (Å²) in [5.74, 6) is 0.635. The minimum absolute atomic E-state index is 0.182. The third-order valence-electron chi connectivity index (χ3n) is 2.79. The summed E-state index contributed by atoms with van der Waals surface area (Å²) in [5, 5.41) is 0. The maximum Gasteiger partial charge on any atom is 0.127 e. The fourth-order valence-electron chi connectivity index (χ4n) is 1.95. The molecule has 2 nitrogen and oxygen atoms in total. The maximum absolute atomic E-state index is 10.5. The number of ether oxygens (including phenoxy) is 1. The topological polar surface area (TPSA) is 26.3 Å². The van der Waals surface area contributed by atoms with Crippen LogP contribution < -0.4 is 0 Å². The molecular formula is C12H20O2. The summed E-state index contributed by atoms with van der Waals surface area (Å²) in [4.78, 5) is 10.5. The third kappa shape index (κ3) is 1.99. The van der Waals surface area contributed by atoms with E-state index in [9.17, 15) is 4.79 Å². The monoisotopic (exact) mass is 196 g/mol. The van der Waals surface area contributed by atoms with E-state index in [1.165, 1.54) is 18.4 Å². The number of carbonyl (C=O) groups is 1. The molecule has 0 aromatic rings. The van der Waals surface area contributed by atoms with Crippen LogP contribution in [0.15, 0.2) is 11.8 Å². The van der Waals surface area contributed by atoms with Crippen molar-refractivity contribution < 1.29 is 9.53 Å². The van der Waals surface area contributed by atoms with E-state index < -0.39 is 0 Å². The van der Waals surface area contributed by atoms with Gasteiger partial charge in [-0.15, -0.1) is 0 Å². The van der Waals surface area contributed by atoms with Crippen molar-refractivity contribution >= 4 is 6.29 Å². The Morgan fingerprint density at radius 1 is 1.50 bits per heavy atom. The number of aldehydes is 1. The van der Waals surface area contributed by atoms with Crippen LogP contribution in [0.4, 0.5) is 0 Å². The van der Waals surface area contributed by atoms with Crippen LogP contribution >= 0.6 is 0 Å². The Hall–Kier alpha value is -0.790. The van der Waals surface area contributed by atoms with Crippen LogP contribution in [-0.4, -0.2) is 12.4 Å². The van der Waals surface area contributed by atoms with Crippen molar-refractivity contribution in [3.63, 3.8) is 0 Å². The average Bonchev–Trinajstić information content (AvgIpc) is 2.81. The van der Waals surface area contributed by atoms with Gasteiger partial charge in [-0.25, -0.2) is 0 Å². The van der Waals surface area contributed by atoms with Crippen molar-refractivity contribution in [3.8, 4) is 0 Å². The van der Waals surface area contributed by atoms with Crippen LogP contribution in [0, 0.1) is 11.8 Å². The molecule has 2 heteroatoms. The van der Waals surface area contributed by atoms with Gasteiger partial charge >= 0.3 is 0 Å². The fraction of sp³-hybridized carbons (Fsp3) is 0.750. The van der Waals surface area contributed by atoms with Gasteiger partial charge in [0.15, 0.2) is 0 Å². The normalized spacial score (nSPS) is 31.9.